The maximum atomic E-state index is 2.51. The van der Waals surface area contributed by atoms with E-state index in [1.54, 1.807) is 0 Å². The molecule has 0 amide bonds. The lowest BCUT2D eigenvalue weighted by molar-refractivity contribution is -0.913. The first-order valence-corrected chi connectivity index (χ1v) is 18.9. The lowest BCUT2D eigenvalue weighted by Gasteiger charge is -2.36. The summed E-state index contributed by atoms with van der Waals surface area (Å²) in [5.41, 5.74) is 0. The van der Waals surface area contributed by atoms with Crippen LogP contribution in [0.3, 0.4) is 0 Å². The molecule has 0 aromatic carbocycles. The Labute approximate surface area is 250 Å². The summed E-state index contributed by atoms with van der Waals surface area (Å²) in [4.78, 5) is 0. The number of quaternary nitrogens is 1. The van der Waals surface area contributed by atoms with E-state index in [-0.39, 0.29) is 0 Å². The smallest absolute Gasteiger partial charge is 0.0857 e. The van der Waals surface area contributed by atoms with Gasteiger partial charge in [0.1, 0.15) is 0 Å². The first-order valence-electron chi connectivity index (χ1n) is 18.9. The van der Waals surface area contributed by atoms with Gasteiger partial charge < -0.3 is 4.48 Å². The predicted octanol–water partition coefficient (Wildman–Crippen LogP) is 13.6. The largest absolute Gasteiger partial charge is 0.326 e. The summed E-state index contributed by atoms with van der Waals surface area (Å²) >= 11 is 0. The predicted molar refractivity (Wildman–Crippen MR) is 181 cm³/mol. The van der Waals surface area contributed by atoms with Gasteiger partial charge in [-0.15, -0.1) is 0 Å². The van der Waals surface area contributed by atoms with Gasteiger partial charge in [0, 0.05) is 0 Å². The molecule has 236 valence electrons. The van der Waals surface area contributed by atoms with Crippen LogP contribution in [0.5, 0.6) is 0 Å². The zero-order valence-electron chi connectivity index (χ0n) is 28.7. The van der Waals surface area contributed by atoms with E-state index in [1.807, 2.05) is 0 Å². The summed E-state index contributed by atoms with van der Waals surface area (Å²) < 4.78 is 1.23. The first-order chi connectivity index (χ1) is 19.0. The van der Waals surface area contributed by atoms with Gasteiger partial charge in [-0.2, -0.15) is 0 Å². The maximum absolute atomic E-state index is 2.51. The first kappa shape index (κ1) is 39.0. The van der Waals surface area contributed by atoms with Crippen LogP contribution in [-0.4, -0.2) is 31.2 Å². The standard InChI is InChI=1S/C38H80N/c1-6-8-10-12-14-16-18-20-22-23-25-27-29-31-33-35-37-39(4,5)38(3)36-34-32-30-28-26-24-21-19-17-15-13-11-9-7-2/h38H,6-37H2,1-5H3/q+1. The van der Waals surface area contributed by atoms with Crippen LogP contribution in [0.4, 0.5) is 0 Å². The van der Waals surface area contributed by atoms with Crippen molar-refractivity contribution >= 4 is 0 Å². The third-order valence-corrected chi connectivity index (χ3v) is 9.76. The molecule has 1 atom stereocenters. The van der Waals surface area contributed by atoms with Crippen molar-refractivity contribution in [1.82, 2.24) is 0 Å². The van der Waals surface area contributed by atoms with E-state index in [0.717, 1.165) is 6.04 Å². The van der Waals surface area contributed by atoms with E-state index in [4.69, 9.17) is 0 Å². The lowest BCUT2D eigenvalue weighted by atomic mass is 10.0. The van der Waals surface area contributed by atoms with Crippen molar-refractivity contribution < 1.29 is 4.48 Å². The summed E-state index contributed by atoms with van der Waals surface area (Å²) in [5.74, 6) is 0. The monoisotopic (exact) mass is 551 g/mol. The van der Waals surface area contributed by atoms with Gasteiger partial charge in [0.05, 0.1) is 26.7 Å². The average molecular weight is 551 g/mol. The molecule has 0 N–H and O–H groups in total. The highest BCUT2D eigenvalue weighted by atomic mass is 15.3. The van der Waals surface area contributed by atoms with Gasteiger partial charge in [-0.3, -0.25) is 0 Å². The van der Waals surface area contributed by atoms with Gasteiger partial charge in [0.15, 0.2) is 0 Å². The average Bonchev–Trinajstić information content (AvgIpc) is 2.92. The highest BCUT2D eigenvalue weighted by molar-refractivity contribution is 4.56. The molecule has 0 aromatic heterocycles. The summed E-state index contributed by atoms with van der Waals surface area (Å²) in [6.07, 6.45) is 45.3. The second-order valence-electron chi connectivity index (χ2n) is 14.0. The third-order valence-electron chi connectivity index (χ3n) is 9.76. The summed E-state index contributed by atoms with van der Waals surface area (Å²) in [7, 11) is 4.97. The topological polar surface area (TPSA) is 0 Å². The van der Waals surface area contributed by atoms with Crippen LogP contribution in [0.1, 0.15) is 220 Å². The van der Waals surface area contributed by atoms with Gasteiger partial charge in [-0.05, 0) is 32.6 Å². The molecular weight excluding hydrogens is 470 g/mol. The van der Waals surface area contributed by atoms with Gasteiger partial charge in [0.2, 0.25) is 0 Å². The highest BCUT2D eigenvalue weighted by Crippen LogP contribution is 2.19. The SMILES string of the molecule is CCCCCCCCCCCCCCCCCC[N+](C)(C)C(C)CCCCCCCCCCCCCCCC. The molecule has 0 saturated heterocycles. The Hall–Kier alpha value is -0.0400. The van der Waals surface area contributed by atoms with Crippen molar-refractivity contribution in [3.05, 3.63) is 0 Å². The molecule has 0 rings (SSSR count). The minimum atomic E-state index is 0.818. The van der Waals surface area contributed by atoms with Crippen LogP contribution in [0.2, 0.25) is 0 Å². The van der Waals surface area contributed by atoms with Crippen molar-refractivity contribution in [1.29, 1.82) is 0 Å². The van der Waals surface area contributed by atoms with Gasteiger partial charge in [-0.1, -0.05) is 187 Å². The van der Waals surface area contributed by atoms with E-state index in [9.17, 15) is 0 Å². The van der Waals surface area contributed by atoms with Crippen molar-refractivity contribution in [2.75, 3.05) is 20.6 Å². The maximum Gasteiger partial charge on any atom is 0.0857 e. The van der Waals surface area contributed by atoms with Crippen molar-refractivity contribution in [2.45, 2.75) is 226 Å². The van der Waals surface area contributed by atoms with E-state index >= 15 is 0 Å². The van der Waals surface area contributed by atoms with E-state index in [0.29, 0.717) is 0 Å². The lowest BCUT2D eigenvalue weighted by Crippen LogP contribution is -2.47. The van der Waals surface area contributed by atoms with Crippen LogP contribution >= 0.6 is 0 Å². The molecule has 0 spiro atoms. The molecule has 0 aromatic rings. The Balaban J connectivity index is 3.40. The Morgan fingerprint density at radius 2 is 0.564 bits per heavy atom. The van der Waals surface area contributed by atoms with Crippen molar-refractivity contribution in [3.8, 4) is 0 Å². The van der Waals surface area contributed by atoms with Crippen LogP contribution < -0.4 is 0 Å². The fourth-order valence-electron chi connectivity index (χ4n) is 6.27. The second-order valence-corrected chi connectivity index (χ2v) is 14.0. The second kappa shape index (κ2) is 30.9. The molecule has 1 heteroatoms. The van der Waals surface area contributed by atoms with Crippen LogP contribution in [0.15, 0.2) is 0 Å². The van der Waals surface area contributed by atoms with Gasteiger partial charge in [0.25, 0.3) is 0 Å². The van der Waals surface area contributed by atoms with Crippen molar-refractivity contribution in [3.63, 3.8) is 0 Å². The highest BCUT2D eigenvalue weighted by Gasteiger charge is 2.22. The fraction of sp³-hybridized carbons (Fsp3) is 1.00. The molecule has 1 nitrogen and oxygen atoms in total. The molecule has 0 aliphatic carbocycles. The fourth-order valence-corrected chi connectivity index (χ4v) is 6.27. The van der Waals surface area contributed by atoms with E-state index in [2.05, 4.69) is 34.9 Å². The van der Waals surface area contributed by atoms with Gasteiger partial charge >= 0.3 is 0 Å². The molecule has 0 aliphatic rings. The molecule has 0 aliphatic heterocycles. The van der Waals surface area contributed by atoms with Gasteiger partial charge in [-0.25, -0.2) is 0 Å². The minimum absolute atomic E-state index is 0.818. The minimum Gasteiger partial charge on any atom is -0.326 e. The molecule has 1 unspecified atom stereocenters. The van der Waals surface area contributed by atoms with Crippen molar-refractivity contribution in [2.24, 2.45) is 0 Å². The van der Waals surface area contributed by atoms with E-state index < -0.39 is 0 Å². The normalized spacial score (nSPS) is 12.8. The zero-order chi connectivity index (χ0) is 28.7. The quantitative estimate of drug-likeness (QED) is 0.0563. The third kappa shape index (κ3) is 29.3. The Kier molecular flexibility index (Phi) is 30.9. The molecule has 0 radical (unpaired) electrons. The summed E-state index contributed by atoms with van der Waals surface area (Å²) in [6.45, 7) is 8.50. The number of rotatable bonds is 33. The molecule has 0 fully saturated rings. The van der Waals surface area contributed by atoms with Crippen LogP contribution in [-0.2, 0) is 0 Å². The number of unbranched alkanes of at least 4 members (excludes halogenated alkanes) is 28. The van der Waals surface area contributed by atoms with Crippen LogP contribution in [0, 0.1) is 0 Å². The Morgan fingerprint density at radius 1 is 0.333 bits per heavy atom. The molecule has 0 heterocycles. The number of hydrogen-bond donors (Lipinski definition) is 0. The summed E-state index contributed by atoms with van der Waals surface area (Å²) in [6, 6.07) is 0.818. The number of hydrogen-bond acceptors (Lipinski definition) is 0. The van der Waals surface area contributed by atoms with E-state index in [1.165, 1.54) is 210 Å². The molecule has 0 bridgehead atoms. The summed E-state index contributed by atoms with van der Waals surface area (Å²) in [5, 5.41) is 0. The molecule has 0 saturated carbocycles. The Morgan fingerprint density at radius 3 is 0.846 bits per heavy atom. The number of nitrogens with zero attached hydrogens (tertiary/aromatic N) is 1. The van der Waals surface area contributed by atoms with Crippen LogP contribution in [0.25, 0.3) is 0 Å². The Bertz CT molecular complexity index is 442. The molecule has 39 heavy (non-hydrogen) atoms. The molecular formula is C38H80N+. The zero-order valence-corrected chi connectivity index (χ0v) is 28.7.